The summed E-state index contributed by atoms with van der Waals surface area (Å²) in [5, 5.41) is 0. The monoisotopic (exact) mass is 241 g/mol. The molecule has 1 aromatic carbocycles. The SMILES string of the molecule is CCOCCN(C)c1ccc(CCl)cc1C. The zero-order valence-corrected chi connectivity index (χ0v) is 11.0. The van der Waals surface area contributed by atoms with Crippen LogP contribution in [0.15, 0.2) is 18.2 Å². The molecule has 90 valence electrons. The van der Waals surface area contributed by atoms with E-state index in [0.717, 1.165) is 19.8 Å². The first-order valence-corrected chi connectivity index (χ1v) is 6.16. The zero-order chi connectivity index (χ0) is 12.0. The lowest BCUT2D eigenvalue weighted by atomic mass is 10.1. The average Bonchev–Trinajstić information content (AvgIpc) is 2.29. The van der Waals surface area contributed by atoms with Crippen LogP contribution >= 0.6 is 11.6 Å². The molecule has 0 radical (unpaired) electrons. The van der Waals surface area contributed by atoms with Crippen LogP contribution in [0, 0.1) is 6.92 Å². The minimum atomic E-state index is 0.573. The summed E-state index contributed by atoms with van der Waals surface area (Å²) in [5.74, 6) is 0.573. The van der Waals surface area contributed by atoms with Crippen LogP contribution in [-0.2, 0) is 10.6 Å². The Morgan fingerprint density at radius 2 is 2.12 bits per heavy atom. The Kier molecular flexibility index (Phi) is 5.64. The number of ether oxygens (including phenoxy) is 1. The summed E-state index contributed by atoms with van der Waals surface area (Å²) >= 11 is 5.80. The van der Waals surface area contributed by atoms with Gasteiger partial charge in [-0.25, -0.2) is 0 Å². The third kappa shape index (κ3) is 3.69. The fraction of sp³-hybridized carbons (Fsp3) is 0.538. The summed E-state index contributed by atoms with van der Waals surface area (Å²) in [6.07, 6.45) is 0. The molecule has 1 rings (SSSR count). The quantitative estimate of drug-likeness (QED) is 0.560. The summed E-state index contributed by atoms with van der Waals surface area (Å²) in [5.41, 5.74) is 3.67. The molecular weight excluding hydrogens is 222 g/mol. The Hall–Kier alpha value is -0.730. The lowest BCUT2D eigenvalue weighted by Gasteiger charge is -2.21. The third-order valence-electron chi connectivity index (χ3n) is 2.60. The van der Waals surface area contributed by atoms with Gasteiger partial charge in [0.15, 0.2) is 0 Å². The maximum Gasteiger partial charge on any atom is 0.0641 e. The zero-order valence-electron chi connectivity index (χ0n) is 10.3. The molecule has 0 aliphatic carbocycles. The van der Waals surface area contributed by atoms with Gasteiger partial charge in [0.25, 0.3) is 0 Å². The summed E-state index contributed by atoms with van der Waals surface area (Å²) in [6.45, 7) is 6.58. The highest BCUT2D eigenvalue weighted by atomic mass is 35.5. The summed E-state index contributed by atoms with van der Waals surface area (Å²) in [7, 11) is 2.09. The van der Waals surface area contributed by atoms with Crippen LogP contribution < -0.4 is 4.90 Å². The Bertz CT molecular complexity index is 328. The van der Waals surface area contributed by atoms with E-state index in [1.165, 1.54) is 16.8 Å². The number of hydrogen-bond donors (Lipinski definition) is 0. The second kappa shape index (κ2) is 6.77. The van der Waals surface area contributed by atoms with Crippen LogP contribution in [-0.4, -0.2) is 26.8 Å². The number of alkyl halides is 1. The Labute approximate surface area is 103 Å². The first-order chi connectivity index (χ1) is 7.69. The second-order valence-corrected chi connectivity index (χ2v) is 4.14. The minimum absolute atomic E-state index is 0.573. The lowest BCUT2D eigenvalue weighted by molar-refractivity contribution is 0.154. The van der Waals surface area contributed by atoms with Crippen LogP contribution in [0.2, 0.25) is 0 Å². The summed E-state index contributed by atoms with van der Waals surface area (Å²) in [6, 6.07) is 6.34. The van der Waals surface area contributed by atoms with Gasteiger partial charge in [0.05, 0.1) is 6.61 Å². The highest BCUT2D eigenvalue weighted by Gasteiger charge is 2.04. The van der Waals surface area contributed by atoms with Crippen molar-refractivity contribution in [3.8, 4) is 0 Å². The predicted molar refractivity (Wildman–Crippen MR) is 70.5 cm³/mol. The molecular formula is C13H20ClNO. The van der Waals surface area contributed by atoms with Crippen molar-refractivity contribution in [2.45, 2.75) is 19.7 Å². The number of nitrogens with zero attached hydrogens (tertiary/aromatic N) is 1. The van der Waals surface area contributed by atoms with Gasteiger partial charge in [0.2, 0.25) is 0 Å². The number of hydrogen-bond acceptors (Lipinski definition) is 2. The third-order valence-corrected chi connectivity index (χ3v) is 2.91. The molecule has 16 heavy (non-hydrogen) atoms. The molecule has 0 fully saturated rings. The molecule has 0 amide bonds. The molecule has 0 bridgehead atoms. The van der Waals surface area contributed by atoms with Crippen molar-refractivity contribution in [3.63, 3.8) is 0 Å². The highest BCUT2D eigenvalue weighted by Crippen LogP contribution is 2.20. The van der Waals surface area contributed by atoms with Crippen molar-refractivity contribution in [3.05, 3.63) is 29.3 Å². The maximum atomic E-state index is 5.80. The minimum Gasteiger partial charge on any atom is -0.380 e. The number of halogens is 1. The first-order valence-electron chi connectivity index (χ1n) is 5.63. The molecule has 2 nitrogen and oxygen atoms in total. The van der Waals surface area contributed by atoms with Crippen molar-refractivity contribution in [1.82, 2.24) is 0 Å². The molecule has 0 aliphatic rings. The van der Waals surface area contributed by atoms with Gasteiger partial charge in [0.1, 0.15) is 0 Å². The summed E-state index contributed by atoms with van der Waals surface area (Å²) < 4.78 is 5.35. The van der Waals surface area contributed by atoms with Gasteiger partial charge in [-0.2, -0.15) is 0 Å². The standard InChI is InChI=1S/C13H20ClNO/c1-4-16-8-7-15(3)13-6-5-12(10-14)9-11(13)2/h5-6,9H,4,7-8,10H2,1-3H3. The number of likely N-dealkylation sites (N-methyl/N-ethyl adjacent to an activating group) is 1. The molecule has 0 heterocycles. The lowest BCUT2D eigenvalue weighted by Crippen LogP contribution is -2.23. The predicted octanol–water partition coefficient (Wildman–Crippen LogP) is 3.21. The van der Waals surface area contributed by atoms with Crippen molar-refractivity contribution in [1.29, 1.82) is 0 Å². The Morgan fingerprint density at radius 1 is 1.38 bits per heavy atom. The number of rotatable bonds is 6. The van der Waals surface area contributed by atoms with E-state index in [4.69, 9.17) is 16.3 Å². The van der Waals surface area contributed by atoms with Crippen LogP contribution in [0.25, 0.3) is 0 Å². The van der Waals surface area contributed by atoms with Crippen molar-refractivity contribution in [2.24, 2.45) is 0 Å². The van der Waals surface area contributed by atoms with E-state index >= 15 is 0 Å². The Balaban J connectivity index is 2.64. The molecule has 1 aromatic rings. The van der Waals surface area contributed by atoms with Crippen LogP contribution in [0.4, 0.5) is 5.69 Å². The molecule has 0 spiro atoms. The number of aryl methyl sites for hydroxylation is 1. The van der Waals surface area contributed by atoms with Gasteiger partial charge in [0, 0.05) is 31.8 Å². The van der Waals surface area contributed by atoms with Gasteiger partial charge >= 0.3 is 0 Å². The average molecular weight is 242 g/mol. The molecule has 0 aromatic heterocycles. The molecule has 3 heteroatoms. The fourth-order valence-electron chi connectivity index (χ4n) is 1.70. The van der Waals surface area contributed by atoms with Crippen molar-refractivity contribution >= 4 is 17.3 Å². The molecule has 0 unspecified atom stereocenters. The van der Waals surface area contributed by atoms with E-state index in [2.05, 4.69) is 37.1 Å². The highest BCUT2D eigenvalue weighted by molar-refractivity contribution is 6.17. The van der Waals surface area contributed by atoms with Gasteiger partial charge in [-0.15, -0.1) is 11.6 Å². The van der Waals surface area contributed by atoms with Crippen LogP contribution in [0.1, 0.15) is 18.1 Å². The normalized spacial score (nSPS) is 10.5. The smallest absolute Gasteiger partial charge is 0.0641 e. The maximum absolute atomic E-state index is 5.80. The molecule has 0 N–H and O–H groups in total. The van der Waals surface area contributed by atoms with Gasteiger partial charge in [-0.3, -0.25) is 0 Å². The van der Waals surface area contributed by atoms with E-state index in [1.807, 2.05) is 6.92 Å². The first kappa shape index (κ1) is 13.3. The second-order valence-electron chi connectivity index (χ2n) is 3.87. The van der Waals surface area contributed by atoms with E-state index in [0.29, 0.717) is 5.88 Å². The van der Waals surface area contributed by atoms with E-state index < -0.39 is 0 Å². The fourth-order valence-corrected chi connectivity index (χ4v) is 1.86. The van der Waals surface area contributed by atoms with E-state index in [1.54, 1.807) is 0 Å². The van der Waals surface area contributed by atoms with Crippen molar-refractivity contribution in [2.75, 3.05) is 31.7 Å². The molecule has 0 saturated carbocycles. The van der Waals surface area contributed by atoms with Gasteiger partial charge in [-0.1, -0.05) is 12.1 Å². The molecule has 0 aliphatic heterocycles. The number of benzene rings is 1. The largest absolute Gasteiger partial charge is 0.380 e. The van der Waals surface area contributed by atoms with Crippen LogP contribution in [0.5, 0.6) is 0 Å². The van der Waals surface area contributed by atoms with Crippen LogP contribution in [0.3, 0.4) is 0 Å². The van der Waals surface area contributed by atoms with E-state index in [-0.39, 0.29) is 0 Å². The van der Waals surface area contributed by atoms with Gasteiger partial charge in [-0.05, 0) is 31.0 Å². The molecule has 0 atom stereocenters. The topological polar surface area (TPSA) is 12.5 Å². The van der Waals surface area contributed by atoms with E-state index in [9.17, 15) is 0 Å². The number of anilines is 1. The van der Waals surface area contributed by atoms with Gasteiger partial charge < -0.3 is 9.64 Å². The molecule has 0 saturated heterocycles. The summed E-state index contributed by atoms with van der Waals surface area (Å²) in [4.78, 5) is 2.21. The Morgan fingerprint density at radius 3 is 2.69 bits per heavy atom. The van der Waals surface area contributed by atoms with Crippen molar-refractivity contribution < 1.29 is 4.74 Å².